The van der Waals surface area contributed by atoms with Gasteiger partial charge in [0.1, 0.15) is 6.10 Å². The highest BCUT2D eigenvalue weighted by molar-refractivity contribution is 6.03. The average molecular weight is 304 g/mol. The number of amides is 1. The van der Waals surface area contributed by atoms with Crippen LogP contribution in [0.1, 0.15) is 60.7 Å². The fourth-order valence-corrected chi connectivity index (χ4v) is 2.54. The highest BCUT2D eigenvalue weighted by Crippen LogP contribution is 2.30. The lowest BCUT2D eigenvalue weighted by molar-refractivity contribution is 0.0889. The second-order valence-electron chi connectivity index (χ2n) is 5.40. The number of aromatic amines is 1. The molecule has 1 fully saturated rings. The lowest BCUT2D eigenvalue weighted by Crippen LogP contribution is -2.15. The number of unbranched alkanes of at least 4 members (excludes halogenated alkanes) is 1. The molecule has 2 aromatic heterocycles. The second-order valence-corrected chi connectivity index (χ2v) is 5.40. The first-order chi connectivity index (χ1) is 10.8. The van der Waals surface area contributed by atoms with E-state index in [1.165, 1.54) is 6.39 Å². The molecule has 0 spiro atoms. The van der Waals surface area contributed by atoms with Crippen LogP contribution in [0.15, 0.2) is 16.9 Å². The Labute approximate surface area is 128 Å². The van der Waals surface area contributed by atoms with Crippen LogP contribution in [-0.4, -0.2) is 27.7 Å². The summed E-state index contributed by atoms with van der Waals surface area (Å²) in [6.07, 6.45) is 6.04. The van der Waals surface area contributed by atoms with Gasteiger partial charge in [-0.05, 0) is 25.7 Å². The quantitative estimate of drug-likeness (QED) is 0.856. The van der Waals surface area contributed by atoms with Crippen LogP contribution in [0.2, 0.25) is 0 Å². The van der Waals surface area contributed by atoms with Crippen molar-refractivity contribution >= 4 is 11.7 Å². The predicted octanol–water partition coefficient (Wildman–Crippen LogP) is 2.84. The van der Waals surface area contributed by atoms with Gasteiger partial charge in [0.15, 0.2) is 23.7 Å². The number of nitrogens with zero attached hydrogens (tertiary/aromatic N) is 2. The Balaban J connectivity index is 1.67. The van der Waals surface area contributed by atoms with Crippen LogP contribution in [0.25, 0.3) is 0 Å². The van der Waals surface area contributed by atoms with Crippen molar-refractivity contribution in [2.24, 2.45) is 0 Å². The number of nitrogens with one attached hydrogen (secondary N) is 2. The van der Waals surface area contributed by atoms with Crippen LogP contribution < -0.4 is 5.32 Å². The maximum atomic E-state index is 12.3. The lowest BCUT2D eigenvalue weighted by Gasteiger charge is -2.07. The van der Waals surface area contributed by atoms with Gasteiger partial charge in [-0.1, -0.05) is 13.3 Å². The van der Waals surface area contributed by atoms with E-state index < -0.39 is 0 Å². The summed E-state index contributed by atoms with van der Waals surface area (Å²) >= 11 is 0. The van der Waals surface area contributed by atoms with Crippen LogP contribution >= 0.6 is 0 Å². The number of hydrogen-bond donors (Lipinski definition) is 2. The number of carbonyl (C=O) groups is 1. The van der Waals surface area contributed by atoms with Crippen molar-refractivity contribution in [2.45, 2.75) is 45.1 Å². The van der Waals surface area contributed by atoms with Crippen LogP contribution in [0, 0.1) is 0 Å². The summed E-state index contributed by atoms with van der Waals surface area (Å²) < 4.78 is 10.9. The minimum absolute atomic E-state index is 0.178. The third-order valence-corrected chi connectivity index (χ3v) is 3.70. The molecule has 2 aromatic rings. The molecule has 1 saturated heterocycles. The van der Waals surface area contributed by atoms with E-state index in [2.05, 4.69) is 27.4 Å². The van der Waals surface area contributed by atoms with Crippen LogP contribution in [0.4, 0.5) is 5.82 Å². The third-order valence-electron chi connectivity index (χ3n) is 3.70. The van der Waals surface area contributed by atoms with E-state index in [9.17, 15) is 4.79 Å². The molecular formula is C15H20N4O3. The number of H-pyrrole nitrogens is 1. The molecule has 7 heteroatoms. The van der Waals surface area contributed by atoms with Gasteiger partial charge in [0, 0.05) is 18.4 Å². The first-order valence-corrected chi connectivity index (χ1v) is 7.68. The number of ether oxygens (including phenoxy) is 1. The largest absolute Gasteiger partial charge is 0.445 e. The summed E-state index contributed by atoms with van der Waals surface area (Å²) in [5.41, 5.74) is 1.28. The molecule has 1 aliphatic rings. The monoisotopic (exact) mass is 304 g/mol. The zero-order valence-electron chi connectivity index (χ0n) is 12.6. The lowest BCUT2D eigenvalue weighted by atomic mass is 10.1. The second kappa shape index (κ2) is 6.74. The molecule has 0 radical (unpaired) electrons. The number of aromatic nitrogens is 3. The summed E-state index contributed by atoms with van der Waals surface area (Å²) in [5.74, 6) is 0.668. The number of anilines is 1. The van der Waals surface area contributed by atoms with E-state index in [1.54, 1.807) is 0 Å². The van der Waals surface area contributed by atoms with Gasteiger partial charge in [0.25, 0.3) is 5.91 Å². The molecular weight excluding hydrogens is 284 g/mol. The van der Waals surface area contributed by atoms with Crippen molar-refractivity contribution in [3.05, 3.63) is 29.6 Å². The summed E-state index contributed by atoms with van der Waals surface area (Å²) in [6, 6.07) is 1.85. The van der Waals surface area contributed by atoms with Gasteiger partial charge in [-0.3, -0.25) is 9.89 Å². The summed E-state index contributed by atoms with van der Waals surface area (Å²) in [4.78, 5) is 16.3. The Kier molecular flexibility index (Phi) is 4.53. The average Bonchev–Trinajstić information content (AvgIpc) is 3.25. The number of aryl methyl sites for hydroxylation is 1. The van der Waals surface area contributed by atoms with E-state index in [-0.39, 0.29) is 17.7 Å². The Morgan fingerprint density at radius 1 is 1.55 bits per heavy atom. The summed E-state index contributed by atoms with van der Waals surface area (Å²) in [5, 5.41) is 9.77. The normalized spacial score (nSPS) is 17.8. The Hall–Kier alpha value is -2.15. The number of oxazole rings is 1. The van der Waals surface area contributed by atoms with Gasteiger partial charge in [-0.2, -0.15) is 5.10 Å². The van der Waals surface area contributed by atoms with Gasteiger partial charge in [-0.15, -0.1) is 0 Å². The number of rotatable bonds is 6. The Morgan fingerprint density at radius 3 is 3.23 bits per heavy atom. The molecule has 0 unspecified atom stereocenters. The van der Waals surface area contributed by atoms with Gasteiger partial charge < -0.3 is 14.5 Å². The van der Waals surface area contributed by atoms with E-state index in [1.807, 2.05) is 6.07 Å². The van der Waals surface area contributed by atoms with E-state index in [0.717, 1.165) is 37.8 Å². The fraction of sp³-hybridized carbons (Fsp3) is 0.533. The molecule has 1 amide bonds. The number of carbonyl (C=O) groups excluding carboxylic acids is 1. The van der Waals surface area contributed by atoms with E-state index >= 15 is 0 Å². The van der Waals surface area contributed by atoms with Crippen molar-refractivity contribution in [1.29, 1.82) is 0 Å². The minimum atomic E-state index is -0.326. The van der Waals surface area contributed by atoms with Gasteiger partial charge in [0.2, 0.25) is 0 Å². The van der Waals surface area contributed by atoms with Gasteiger partial charge in [-0.25, -0.2) is 4.98 Å². The summed E-state index contributed by atoms with van der Waals surface area (Å²) in [6.45, 7) is 2.82. The van der Waals surface area contributed by atoms with E-state index in [0.29, 0.717) is 18.2 Å². The van der Waals surface area contributed by atoms with Crippen molar-refractivity contribution in [3.8, 4) is 0 Å². The first kappa shape index (κ1) is 14.8. The highest BCUT2D eigenvalue weighted by atomic mass is 16.5. The minimum Gasteiger partial charge on any atom is -0.445 e. The molecule has 1 aliphatic heterocycles. The maximum absolute atomic E-state index is 12.3. The third kappa shape index (κ3) is 3.19. The van der Waals surface area contributed by atoms with Crippen molar-refractivity contribution in [2.75, 3.05) is 11.9 Å². The molecule has 0 aromatic carbocycles. The van der Waals surface area contributed by atoms with Crippen molar-refractivity contribution in [3.63, 3.8) is 0 Å². The molecule has 118 valence electrons. The molecule has 22 heavy (non-hydrogen) atoms. The van der Waals surface area contributed by atoms with Crippen molar-refractivity contribution in [1.82, 2.24) is 15.2 Å². The predicted molar refractivity (Wildman–Crippen MR) is 79.6 cm³/mol. The van der Waals surface area contributed by atoms with Crippen molar-refractivity contribution < 1.29 is 13.9 Å². The molecule has 0 saturated carbocycles. The highest BCUT2D eigenvalue weighted by Gasteiger charge is 2.28. The van der Waals surface area contributed by atoms with Gasteiger partial charge >= 0.3 is 0 Å². The standard InChI is InChI=1S/C15H20N4O3/c1-2-3-5-10-8-12(19-18-10)17-15(20)13-14(22-9-16-13)11-6-4-7-21-11/h8-9,11H,2-7H2,1H3,(H2,17,18,19,20)/t11-/m1/s1. The summed E-state index contributed by atoms with van der Waals surface area (Å²) in [7, 11) is 0. The van der Waals surface area contributed by atoms with Crippen LogP contribution in [-0.2, 0) is 11.2 Å². The smallest absolute Gasteiger partial charge is 0.279 e. The van der Waals surface area contributed by atoms with Crippen LogP contribution in [0.3, 0.4) is 0 Å². The Morgan fingerprint density at radius 2 is 2.45 bits per heavy atom. The van der Waals surface area contributed by atoms with Gasteiger partial charge in [0.05, 0.1) is 0 Å². The SMILES string of the molecule is CCCCc1cc(NC(=O)c2ncoc2[C@H]2CCCO2)n[nH]1. The maximum Gasteiger partial charge on any atom is 0.279 e. The molecule has 2 N–H and O–H groups in total. The number of hydrogen-bond acceptors (Lipinski definition) is 5. The molecule has 3 rings (SSSR count). The molecule has 3 heterocycles. The van der Waals surface area contributed by atoms with E-state index in [4.69, 9.17) is 9.15 Å². The first-order valence-electron chi connectivity index (χ1n) is 7.68. The van der Waals surface area contributed by atoms with Crippen LogP contribution in [0.5, 0.6) is 0 Å². The molecule has 0 bridgehead atoms. The molecule has 7 nitrogen and oxygen atoms in total. The fourth-order valence-electron chi connectivity index (χ4n) is 2.54. The molecule has 0 aliphatic carbocycles. The zero-order chi connectivity index (χ0) is 15.4. The molecule has 1 atom stereocenters. The topological polar surface area (TPSA) is 93.0 Å². The zero-order valence-corrected chi connectivity index (χ0v) is 12.6. The Bertz CT molecular complexity index is 628.